The lowest BCUT2D eigenvalue weighted by Crippen LogP contribution is -2.17. The smallest absolute Gasteiger partial charge is 0.115 e. The van der Waals surface area contributed by atoms with Gasteiger partial charge < -0.3 is 10.4 Å². The van der Waals surface area contributed by atoms with Crippen molar-refractivity contribution >= 4 is 27.5 Å². The van der Waals surface area contributed by atoms with E-state index >= 15 is 0 Å². The van der Waals surface area contributed by atoms with Gasteiger partial charge in [0.2, 0.25) is 0 Å². The second-order valence-corrected chi connectivity index (χ2v) is 5.71. The summed E-state index contributed by atoms with van der Waals surface area (Å²) in [6.45, 7) is 2.81. The molecule has 0 aliphatic carbocycles. The molecule has 100 valence electrons. The average Bonchev–Trinajstić information content (AvgIpc) is 2.40. The van der Waals surface area contributed by atoms with E-state index in [0.29, 0.717) is 10.8 Å². The molecule has 0 saturated heterocycles. The Kier molecular flexibility index (Phi) is 4.86. The predicted molar refractivity (Wildman–Crippen MR) is 82.5 cm³/mol. The average molecular weight is 341 g/mol. The molecule has 4 heteroatoms. The van der Waals surface area contributed by atoms with Crippen LogP contribution in [0.3, 0.4) is 0 Å². The lowest BCUT2D eigenvalue weighted by atomic mass is 10.1. The molecule has 2 rings (SSSR count). The molecule has 0 spiro atoms. The van der Waals surface area contributed by atoms with Crippen LogP contribution in [-0.2, 0) is 6.54 Å². The Morgan fingerprint density at radius 2 is 2.05 bits per heavy atom. The van der Waals surface area contributed by atoms with E-state index in [-0.39, 0.29) is 6.04 Å². The highest BCUT2D eigenvalue weighted by atomic mass is 79.9. The maximum Gasteiger partial charge on any atom is 0.115 e. The number of hydrogen-bond donors (Lipinski definition) is 2. The molecule has 0 saturated carbocycles. The van der Waals surface area contributed by atoms with Crippen molar-refractivity contribution in [2.24, 2.45) is 0 Å². The Balaban J connectivity index is 2.00. The van der Waals surface area contributed by atoms with Gasteiger partial charge in [0.15, 0.2) is 0 Å². The third-order valence-corrected chi connectivity index (χ3v) is 4.18. The van der Waals surface area contributed by atoms with Crippen LogP contribution >= 0.6 is 27.5 Å². The Morgan fingerprint density at radius 1 is 1.26 bits per heavy atom. The molecule has 0 amide bonds. The summed E-state index contributed by atoms with van der Waals surface area (Å²) in [6.07, 6.45) is 0. The van der Waals surface area contributed by atoms with Gasteiger partial charge in [-0.15, -0.1) is 0 Å². The monoisotopic (exact) mass is 339 g/mol. The summed E-state index contributed by atoms with van der Waals surface area (Å²) in [7, 11) is 0. The Morgan fingerprint density at radius 3 is 2.74 bits per heavy atom. The van der Waals surface area contributed by atoms with E-state index < -0.39 is 0 Å². The first-order valence-electron chi connectivity index (χ1n) is 6.02. The normalized spacial score (nSPS) is 12.4. The lowest BCUT2D eigenvalue weighted by Gasteiger charge is -2.15. The number of aromatic hydroxyl groups is 1. The van der Waals surface area contributed by atoms with Crippen molar-refractivity contribution in [3.05, 3.63) is 63.1 Å². The first-order chi connectivity index (χ1) is 9.06. The van der Waals surface area contributed by atoms with E-state index in [1.54, 1.807) is 12.1 Å². The summed E-state index contributed by atoms with van der Waals surface area (Å²) in [4.78, 5) is 0. The van der Waals surface area contributed by atoms with Crippen LogP contribution in [0.25, 0.3) is 0 Å². The van der Waals surface area contributed by atoms with Crippen molar-refractivity contribution in [2.45, 2.75) is 19.5 Å². The van der Waals surface area contributed by atoms with E-state index in [9.17, 15) is 5.11 Å². The van der Waals surface area contributed by atoms with E-state index in [1.807, 2.05) is 30.3 Å². The second-order valence-electron chi connectivity index (χ2n) is 4.45. The predicted octanol–water partition coefficient (Wildman–Crippen LogP) is 4.66. The van der Waals surface area contributed by atoms with E-state index in [4.69, 9.17) is 11.6 Å². The van der Waals surface area contributed by atoms with Gasteiger partial charge in [-0.05, 0) is 58.2 Å². The summed E-state index contributed by atoms with van der Waals surface area (Å²) in [6, 6.07) is 13.3. The van der Waals surface area contributed by atoms with Gasteiger partial charge in [0.25, 0.3) is 0 Å². The third kappa shape index (κ3) is 3.96. The van der Waals surface area contributed by atoms with Crippen LogP contribution in [0.5, 0.6) is 5.75 Å². The second kappa shape index (κ2) is 6.42. The van der Waals surface area contributed by atoms with Crippen LogP contribution in [0.15, 0.2) is 46.9 Å². The Labute approximate surface area is 126 Å². The van der Waals surface area contributed by atoms with Gasteiger partial charge in [0, 0.05) is 17.1 Å². The standard InChI is InChI=1S/C15H15BrClNO/c1-10(12-3-2-4-13(19)8-12)18-9-11-5-6-15(17)14(16)7-11/h2-8,10,18-19H,9H2,1H3. The maximum absolute atomic E-state index is 9.47. The molecule has 0 aliphatic heterocycles. The highest BCUT2D eigenvalue weighted by Crippen LogP contribution is 2.24. The minimum atomic E-state index is 0.168. The molecule has 1 unspecified atom stereocenters. The first kappa shape index (κ1) is 14.4. The highest BCUT2D eigenvalue weighted by Gasteiger charge is 2.06. The van der Waals surface area contributed by atoms with Gasteiger partial charge in [-0.1, -0.05) is 29.8 Å². The van der Waals surface area contributed by atoms with Crippen molar-refractivity contribution in [1.82, 2.24) is 5.32 Å². The van der Waals surface area contributed by atoms with Crippen LogP contribution < -0.4 is 5.32 Å². The van der Waals surface area contributed by atoms with Gasteiger partial charge >= 0.3 is 0 Å². The molecule has 1 atom stereocenters. The lowest BCUT2D eigenvalue weighted by molar-refractivity contribution is 0.472. The molecule has 0 aromatic heterocycles. The number of rotatable bonds is 4. The molecule has 0 heterocycles. The van der Waals surface area contributed by atoms with Crippen LogP contribution in [0.2, 0.25) is 5.02 Å². The molecular weight excluding hydrogens is 326 g/mol. The highest BCUT2D eigenvalue weighted by molar-refractivity contribution is 9.10. The topological polar surface area (TPSA) is 32.3 Å². The molecule has 0 fully saturated rings. The van der Waals surface area contributed by atoms with Crippen LogP contribution in [0, 0.1) is 0 Å². The number of hydrogen-bond acceptors (Lipinski definition) is 2. The fourth-order valence-corrected chi connectivity index (χ4v) is 2.38. The summed E-state index contributed by atoms with van der Waals surface area (Å²) in [5, 5.41) is 13.6. The maximum atomic E-state index is 9.47. The first-order valence-corrected chi connectivity index (χ1v) is 7.19. The molecule has 0 bridgehead atoms. The molecule has 2 aromatic carbocycles. The molecule has 2 aromatic rings. The number of benzene rings is 2. The van der Waals surface area contributed by atoms with E-state index in [1.165, 1.54) is 0 Å². The van der Waals surface area contributed by atoms with Crippen LogP contribution in [0.4, 0.5) is 0 Å². The summed E-state index contributed by atoms with van der Waals surface area (Å²) < 4.78 is 0.901. The Hall–Kier alpha value is -1.03. The van der Waals surface area contributed by atoms with Crippen molar-refractivity contribution in [2.75, 3.05) is 0 Å². The molecule has 19 heavy (non-hydrogen) atoms. The fourth-order valence-electron chi connectivity index (χ4n) is 1.83. The van der Waals surface area contributed by atoms with Crippen molar-refractivity contribution in [3.8, 4) is 5.75 Å². The minimum Gasteiger partial charge on any atom is -0.508 e. The molecule has 2 N–H and O–H groups in total. The van der Waals surface area contributed by atoms with Gasteiger partial charge in [-0.25, -0.2) is 0 Å². The quantitative estimate of drug-likeness (QED) is 0.848. The Bertz CT molecular complexity index is 574. The minimum absolute atomic E-state index is 0.168. The number of phenols is 1. The molecule has 0 radical (unpaired) electrons. The largest absolute Gasteiger partial charge is 0.508 e. The fraction of sp³-hybridized carbons (Fsp3) is 0.200. The number of phenolic OH excluding ortho intramolecular Hbond substituents is 1. The van der Waals surface area contributed by atoms with Gasteiger partial charge in [0.1, 0.15) is 5.75 Å². The van der Waals surface area contributed by atoms with Crippen molar-refractivity contribution in [1.29, 1.82) is 0 Å². The SMILES string of the molecule is CC(NCc1ccc(Cl)c(Br)c1)c1cccc(O)c1. The van der Waals surface area contributed by atoms with Gasteiger partial charge in [-0.3, -0.25) is 0 Å². The molecule has 2 nitrogen and oxygen atoms in total. The molecular formula is C15H15BrClNO. The number of halogens is 2. The summed E-state index contributed by atoms with van der Waals surface area (Å²) in [5.74, 6) is 0.292. The van der Waals surface area contributed by atoms with E-state index in [2.05, 4.69) is 28.2 Å². The number of nitrogens with one attached hydrogen (secondary N) is 1. The van der Waals surface area contributed by atoms with Gasteiger partial charge in [0.05, 0.1) is 5.02 Å². The van der Waals surface area contributed by atoms with Crippen molar-refractivity contribution in [3.63, 3.8) is 0 Å². The third-order valence-electron chi connectivity index (χ3n) is 2.97. The molecule has 0 aliphatic rings. The summed E-state index contributed by atoms with van der Waals surface area (Å²) >= 11 is 9.38. The summed E-state index contributed by atoms with van der Waals surface area (Å²) in [5.41, 5.74) is 2.22. The van der Waals surface area contributed by atoms with Crippen LogP contribution in [0.1, 0.15) is 24.1 Å². The zero-order chi connectivity index (χ0) is 13.8. The van der Waals surface area contributed by atoms with E-state index in [0.717, 1.165) is 22.1 Å². The van der Waals surface area contributed by atoms with Gasteiger partial charge in [-0.2, -0.15) is 0 Å². The van der Waals surface area contributed by atoms with Crippen LogP contribution in [-0.4, -0.2) is 5.11 Å². The van der Waals surface area contributed by atoms with Crippen molar-refractivity contribution < 1.29 is 5.11 Å². The zero-order valence-electron chi connectivity index (χ0n) is 10.5. The zero-order valence-corrected chi connectivity index (χ0v) is 12.9.